The Morgan fingerprint density at radius 3 is 1.80 bits per heavy atom. The van der Waals surface area contributed by atoms with E-state index in [-0.39, 0.29) is 31.0 Å². The summed E-state index contributed by atoms with van der Waals surface area (Å²) in [6, 6.07) is 0. The average Bonchev–Trinajstić information content (AvgIpc) is 1.14. The third-order valence-electron chi connectivity index (χ3n) is 0.456. The molecule has 0 aromatic rings. The fourth-order valence-electron chi connectivity index (χ4n) is 0.346. The molecule has 0 aliphatic carbocycles. The van der Waals surface area contributed by atoms with Crippen LogP contribution < -0.4 is 29.6 Å². The molecule has 58 valence electrons. The third-order valence-corrected chi connectivity index (χ3v) is 1.37. The van der Waals surface area contributed by atoms with Crippen molar-refractivity contribution in [3.05, 3.63) is 0 Å². The van der Waals surface area contributed by atoms with Gasteiger partial charge in [-0.2, -0.15) is 8.42 Å². The smallest absolute Gasteiger partial charge is 1.00 e. The van der Waals surface area contributed by atoms with Crippen LogP contribution in [-0.2, 0) is 10.1 Å². The standard InChI is InChI=1S/C3H8O5S.Na.H/c1-3(4,5)2-9(6,7)8;;/h4-5H,2H2,1H3,(H,6,7,8);;/q;+1;-1. The summed E-state index contributed by atoms with van der Waals surface area (Å²) in [6.45, 7) is 0.862. The molecule has 10 heavy (non-hydrogen) atoms. The van der Waals surface area contributed by atoms with E-state index < -0.39 is 21.7 Å². The molecule has 0 spiro atoms. The van der Waals surface area contributed by atoms with Gasteiger partial charge in [-0.05, 0) is 6.92 Å². The van der Waals surface area contributed by atoms with Crippen LogP contribution >= 0.6 is 0 Å². The molecule has 0 heterocycles. The van der Waals surface area contributed by atoms with Crippen molar-refractivity contribution in [1.29, 1.82) is 0 Å². The SMILES string of the molecule is CC(O)(O)CS(=O)(=O)O.[H-].[Na+]. The van der Waals surface area contributed by atoms with Gasteiger partial charge in [-0.3, -0.25) is 4.55 Å². The van der Waals surface area contributed by atoms with E-state index in [2.05, 4.69) is 0 Å². The van der Waals surface area contributed by atoms with Crippen LogP contribution in [0.4, 0.5) is 0 Å². The molecule has 0 saturated heterocycles. The normalized spacial score (nSPS) is 12.4. The second kappa shape index (κ2) is 4.01. The van der Waals surface area contributed by atoms with Crippen LogP contribution in [0.5, 0.6) is 0 Å². The predicted octanol–water partition coefficient (Wildman–Crippen LogP) is -4.31. The molecular formula is C3H9NaO5S. The maximum absolute atomic E-state index is 9.88. The van der Waals surface area contributed by atoms with Crippen molar-refractivity contribution in [1.82, 2.24) is 0 Å². The first-order valence-electron chi connectivity index (χ1n) is 2.11. The number of aliphatic hydroxyl groups is 2. The topological polar surface area (TPSA) is 94.8 Å². The first-order valence-corrected chi connectivity index (χ1v) is 3.71. The maximum atomic E-state index is 9.88. The molecule has 0 bridgehead atoms. The molecule has 5 nitrogen and oxygen atoms in total. The minimum atomic E-state index is -4.28. The van der Waals surface area contributed by atoms with E-state index in [1.165, 1.54) is 0 Å². The summed E-state index contributed by atoms with van der Waals surface area (Å²) in [7, 11) is -4.28. The van der Waals surface area contributed by atoms with Gasteiger partial charge < -0.3 is 11.6 Å². The van der Waals surface area contributed by atoms with Gasteiger partial charge in [-0.15, -0.1) is 0 Å². The minimum Gasteiger partial charge on any atom is -1.00 e. The first-order chi connectivity index (χ1) is 3.71. The Balaban J connectivity index is -0.000000320. The zero-order valence-corrected chi connectivity index (χ0v) is 8.59. The average molecular weight is 180 g/mol. The van der Waals surface area contributed by atoms with Gasteiger partial charge in [0.2, 0.25) is 0 Å². The van der Waals surface area contributed by atoms with E-state index in [9.17, 15) is 8.42 Å². The second-order valence-corrected chi connectivity index (χ2v) is 3.40. The van der Waals surface area contributed by atoms with Gasteiger partial charge in [0.15, 0.2) is 5.79 Å². The van der Waals surface area contributed by atoms with Crippen LogP contribution in [0, 0.1) is 0 Å². The van der Waals surface area contributed by atoms with Crippen LogP contribution in [0.1, 0.15) is 8.35 Å². The van der Waals surface area contributed by atoms with Gasteiger partial charge in [-0.1, -0.05) is 0 Å². The summed E-state index contributed by atoms with van der Waals surface area (Å²) >= 11 is 0. The molecule has 3 N–H and O–H groups in total. The van der Waals surface area contributed by atoms with Crippen molar-refractivity contribution in [2.45, 2.75) is 12.7 Å². The van der Waals surface area contributed by atoms with Gasteiger partial charge in [-0.25, -0.2) is 0 Å². The molecule has 0 unspecified atom stereocenters. The van der Waals surface area contributed by atoms with E-state index in [1.807, 2.05) is 0 Å². The van der Waals surface area contributed by atoms with Crippen molar-refractivity contribution in [3.8, 4) is 0 Å². The predicted molar refractivity (Wildman–Crippen MR) is 30.4 cm³/mol. The Morgan fingerprint density at radius 2 is 1.80 bits per heavy atom. The van der Waals surface area contributed by atoms with Gasteiger partial charge >= 0.3 is 29.6 Å². The monoisotopic (exact) mass is 180 g/mol. The number of hydrogen-bond acceptors (Lipinski definition) is 4. The summed E-state index contributed by atoms with van der Waals surface area (Å²) < 4.78 is 27.8. The summed E-state index contributed by atoms with van der Waals surface area (Å²) in [5.41, 5.74) is 0. The summed E-state index contributed by atoms with van der Waals surface area (Å²) in [6.07, 6.45) is 0. The Hall–Kier alpha value is 0.830. The zero-order valence-electron chi connectivity index (χ0n) is 6.77. The second-order valence-electron chi connectivity index (χ2n) is 1.94. The Kier molecular flexibility index (Phi) is 5.38. The van der Waals surface area contributed by atoms with Crippen LogP contribution in [0.2, 0.25) is 0 Å². The van der Waals surface area contributed by atoms with Gasteiger partial charge in [0.25, 0.3) is 10.1 Å². The first kappa shape index (κ1) is 13.4. The Bertz CT molecular complexity index is 182. The third kappa shape index (κ3) is 11.6. The van der Waals surface area contributed by atoms with E-state index in [4.69, 9.17) is 14.8 Å². The molecular weight excluding hydrogens is 171 g/mol. The molecule has 0 saturated carbocycles. The van der Waals surface area contributed by atoms with Gasteiger partial charge in [0.05, 0.1) is 0 Å². The summed E-state index contributed by atoms with van der Waals surface area (Å²) in [5.74, 6) is -3.42. The number of hydrogen-bond donors (Lipinski definition) is 3. The van der Waals surface area contributed by atoms with Crippen molar-refractivity contribution in [2.75, 3.05) is 5.75 Å². The molecule has 0 amide bonds. The van der Waals surface area contributed by atoms with E-state index in [0.717, 1.165) is 6.92 Å². The summed E-state index contributed by atoms with van der Waals surface area (Å²) in [4.78, 5) is 0. The molecule has 0 aliphatic rings. The van der Waals surface area contributed by atoms with Crippen molar-refractivity contribution >= 4 is 10.1 Å². The Morgan fingerprint density at radius 1 is 1.50 bits per heavy atom. The van der Waals surface area contributed by atoms with Crippen LogP contribution in [-0.4, -0.2) is 34.7 Å². The van der Waals surface area contributed by atoms with Gasteiger partial charge in [0, 0.05) is 0 Å². The van der Waals surface area contributed by atoms with E-state index in [0.29, 0.717) is 0 Å². The fourth-order valence-corrected chi connectivity index (χ4v) is 1.04. The van der Waals surface area contributed by atoms with Crippen LogP contribution in [0.15, 0.2) is 0 Å². The number of rotatable bonds is 2. The molecule has 7 heteroatoms. The quantitative estimate of drug-likeness (QED) is 0.227. The molecule has 0 rings (SSSR count). The molecule has 0 aromatic heterocycles. The summed E-state index contributed by atoms with van der Waals surface area (Å²) in [5, 5.41) is 16.7. The minimum absolute atomic E-state index is 0. The largest absolute Gasteiger partial charge is 1.00 e. The van der Waals surface area contributed by atoms with Crippen molar-refractivity contribution in [2.24, 2.45) is 0 Å². The van der Waals surface area contributed by atoms with Crippen molar-refractivity contribution < 1.29 is 54.2 Å². The molecule has 0 fully saturated rings. The molecule has 0 radical (unpaired) electrons. The molecule has 0 aliphatic heterocycles. The van der Waals surface area contributed by atoms with Crippen LogP contribution in [0.3, 0.4) is 0 Å². The van der Waals surface area contributed by atoms with E-state index in [1.54, 1.807) is 0 Å². The molecule has 0 aromatic carbocycles. The maximum Gasteiger partial charge on any atom is 1.00 e. The zero-order chi connectivity index (χ0) is 7.71. The van der Waals surface area contributed by atoms with Crippen LogP contribution in [0.25, 0.3) is 0 Å². The Labute approximate surface area is 82.6 Å². The van der Waals surface area contributed by atoms with Gasteiger partial charge in [0.1, 0.15) is 5.75 Å². The fraction of sp³-hybridized carbons (Fsp3) is 1.00. The van der Waals surface area contributed by atoms with Crippen molar-refractivity contribution in [3.63, 3.8) is 0 Å². The van der Waals surface area contributed by atoms with E-state index >= 15 is 0 Å². The molecule has 0 atom stereocenters.